The molecule has 2 aromatic rings. The molecule has 0 fully saturated rings. The average molecular weight is 353 g/mol. The second-order valence-electron chi connectivity index (χ2n) is 7.23. The predicted octanol–water partition coefficient (Wildman–Crippen LogP) is 2.75. The Labute approximate surface area is 152 Å². The van der Waals surface area contributed by atoms with Crippen LogP contribution in [-0.4, -0.2) is 28.6 Å². The Balaban J connectivity index is 1.81. The monoisotopic (exact) mass is 353 g/mol. The van der Waals surface area contributed by atoms with Crippen molar-refractivity contribution in [1.29, 1.82) is 0 Å². The maximum Gasteiger partial charge on any atom is 0.274 e. The Kier molecular flexibility index (Phi) is 5.04. The molecule has 1 aliphatic rings. The summed E-state index contributed by atoms with van der Waals surface area (Å²) < 4.78 is 0. The van der Waals surface area contributed by atoms with E-state index in [1.165, 1.54) is 5.56 Å². The molecule has 3 rings (SSSR count). The van der Waals surface area contributed by atoms with Crippen LogP contribution < -0.4 is 10.4 Å². The van der Waals surface area contributed by atoms with Crippen LogP contribution in [0.5, 0.6) is 0 Å². The van der Waals surface area contributed by atoms with E-state index < -0.39 is 5.91 Å². The number of nitrogens with zero attached hydrogens (tertiary/aromatic N) is 2. The highest BCUT2D eigenvalue weighted by molar-refractivity contribution is 5.93. The number of carbonyl (C=O) groups is 2. The van der Waals surface area contributed by atoms with Gasteiger partial charge in [-0.1, -0.05) is 13.0 Å². The second kappa shape index (κ2) is 7.25. The van der Waals surface area contributed by atoms with Crippen molar-refractivity contribution in [1.82, 2.24) is 10.5 Å². The van der Waals surface area contributed by atoms with Gasteiger partial charge >= 0.3 is 0 Å². The van der Waals surface area contributed by atoms with Gasteiger partial charge < -0.3 is 4.90 Å². The highest BCUT2D eigenvalue weighted by Gasteiger charge is 2.33. The SMILES string of the molecule is CC(=O)N(CC1(C)CCc2cc(C(=O)NO)ccc2C1)c1cccnc1. The van der Waals surface area contributed by atoms with E-state index in [1.54, 1.807) is 35.8 Å². The fourth-order valence-electron chi connectivity index (χ4n) is 3.64. The number of aryl methyl sites for hydroxylation is 1. The maximum absolute atomic E-state index is 12.2. The molecule has 6 nitrogen and oxygen atoms in total. The Morgan fingerprint density at radius 2 is 2.12 bits per heavy atom. The van der Waals surface area contributed by atoms with Crippen molar-refractivity contribution in [3.63, 3.8) is 0 Å². The topological polar surface area (TPSA) is 82.5 Å². The summed E-state index contributed by atoms with van der Waals surface area (Å²) >= 11 is 0. The smallest absolute Gasteiger partial charge is 0.274 e. The zero-order valence-corrected chi connectivity index (χ0v) is 15.0. The number of nitrogens with one attached hydrogen (secondary N) is 1. The first-order valence-electron chi connectivity index (χ1n) is 8.66. The lowest BCUT2D eigenvalue weighted by atomic mass is 9.72. The van der Waals surface area contributed by atoms with Crippen LogP contribution in [0.3, 0.4) is 0 Å². The first kappa shape index (κ1) is 18.1. The van der Waals surface area contributed by atoms with E-state index >= 15 is 0 Å². The summed E-state index contributed by atoms with van der Waals surface area (Å²) in [5.41, 5.74) is 5.18. The van der Waals surface area contributed by atoms with Gasteiger partial charge in [0.2, 0.25) is 5.91 Å². The zero-order chi connectivity index (χ0) is 18.7. The number of hydrogen-bond acceptors (Lipinski definition) is 4. The highest BCUT2D eigenvalue weighted by Crippen LogP contribution is 2.37. The van der Waals surface area contributed by atoms with Gasteiger partial charge in [-0.3, -0.25) is 19.8 Å². The van der Waals surface area contributed by atoms with E-state index in [4.69, 9.17) is 5.21 Å². The summed E-state index contributed by atoms with van der Waals surface area (Å²) in [7, 11) is 0. The number of pyridine rings is 1. The number of hydroxylamine groups is 1. The third kappa shape index (κ3) is 3.75. The quantitative estimate of drug-likeness (QED) is 0.654. The van der Waals surface area contributed by atoms with Crippen LogP contribution in [0.1, 0.15) is 41.8 Å². The summed E-state index contributed by atoms with van der Waals surface area (Å²) in [5, 5.41) is 8.79. The molecule has 1 aromatic heterocycles. The minimum absolute atomic E-state index is 0.0000123. The molecule has 1 aromatic carbocycles. The van der Waals surface area contributed by atoms with Crippen molar-refractivity contribution in [2.75, 3.05) is 11.4 Å². The van der Waals surface area contributed by atoms with Crippen LogP contribution in [0.4, 0.5) is 5.69 Å². The number of benzene rings is 1. The minimum atomic E-state index is -0.500. The van der Waals surface area contributed by atoms with Gasteiger partial charge in [0.15, 0.2) is 0 Å². The third-order valence-corrected chi connectivity index (χ3v) is 5.06. The zero-order valence-electron chi connectivity index (χ0n) is 15.0. The molecule has 2 amide bonds. The summed E-state index contributed by atoms with van der Waals surface area (Å²) in [4.78, 5) is 29.7. The second-order valence-corrected chi connectivity index (χ2v) is 7.23. The molecular formula is C20H23N3O3. The van der Waals surface area contributed by atoms with Crippen LogP contribution in [-0.2, 0) is 17.6 Å². The van der Waals surface area contributed by atoms with Gasteiger partial charge in [0.1, 0.15) is 0 Å². The molecule has 1 atom stereocenters. The summed E-state index contributed by atoms with van der Waals surface area (Å²) in [5.74, 6) is -0.500. The summed E-state index contributed by atoms with van der Waals surface area (Å²) in [6.45, 7) is 4.38. The molecule has 0 bridgehead atoms. The molecule has 1 aliphatic carbocycles. The Bertz CT molecular complexity index is 822. The molecule has 136 valence electrons. The number of carbonyl (C=O) groups excluding carboxylic acids is 2. The standard InChI is InChI=1S/C20H23N3O3/c1-14(24)23(18-4-3-9-21-12-18)13-20(2)8-7-15-10-16(19(25)22-26)5-6-17(15)11-20/h3-6,9-10,12,26H,7-8,11,13H2,1-2H3,(H,22,25). The van der Waals surface area contributed by atoms with Gasteiger partial charge in [-0.2, -0.15) is 0 Å². The minimum Gasteiger partial charge on any atom is -0.311 e. The highest BCUT2D eigenvalue weighted by atomic mass is 16.5. The molecule has 0 saturated heterocycles. The van der Waals surface area contributed by atoms with Gasteiger partial charge in [0, 0.05) is 25.2 Å². The predicted molar refractivity (Wildman–Crippen MR) is 98.1 cm³/mol. The van der Waals surface area contributed by atoms with Gasteiger partial charge in [0.05, 0.1) is 11.9 Å². The van der Waals surface area contributed by atoms with Crippen LogP contribution in [0.15, 0.2) is 42.7 Å². The van der Waals surface area contributed by atoms with Crippen LogP contribution in [0.2, 0.25) is 0 Å². The Morgan fingerprint density at radius 3 is 2.77 bits per heavy atom. The lowest BCUT2D eigenvalue weighted by molar-refractivity contribution is -0.116. The van der Waals surface area contributed by atoms with Crippen molar-refractivity contribution in [2.24, 2.45) is 5.41 Å². The number of rotatable bonds is 4. The number of amides is 2. The molecule has 0 spiro atoms. The lowest BCUT2D eigenvalue weighted by Gasteiger charge is -2.39. The van der Waals surface area contributed by atoms with Gasteiger partial charge in [0.25, 0.3) is 5.91 Å². The molecule has 26 heavy (non-hydrogen) atoms. The molecular weight excluding hydrogens is 330 g/mol. The van der Waals surface area contributed by atoms with Crippen molar-refractivity contribution >= 4 is 17.5 Å². The normalized spacial score (nSPS) is 18.7. The number of fused-ring (bicyclic) bond motifs is 1. The molecule has 2 N–H and O–H groups in total. The van der Waals surface area contributed by atoms with Crippen LogP contribution >= 0.6 is 0 Å². The van der Waals surface area contributed by atoms with E-state index in [-0.39, 0.29) is 11.3 Å². The first-order chi connectivity index (χ1) is 12.4. The van der Waals surface area contributed by atoms with E-state index in [0.29, 0.717) is 12.1 Å². The van der Waals surface area contributed by atoms with E-state index in [2.05, 4.69) is 11.9 Å². The van der Waals surface area contributed by atoms with Crippen molar-refractivity contribution in [3.05, 3.63) is 59.4 Å². The maximum atomic E-state index is 12.2. The summed E-state index contributed by atoms with van der Waals surface area (Å²) in [6.07, 6.45) is 5.97. The molecule has 0 radical (unpaired) electrons. The molecule has 1 heterocycles. The van der Waals surface area contributed by atoms with Crippen LogP contribution in [0.25, 0.3) is 0 Å². The van der Waals surface area contributed by atoms with Crippen molar-refractivity contribution in [3.8, 4) is 0 Å². The Hall–Kier alpha value is -2.73. The van der Waals surface area contributed by atoms with E-state index in [1.807, 2.05) is 24.3 Å². The Morgan fingerprint density at radius 1 is 1.31 bits per heavy atom. The van der Waals surface area contributed by atoms with E-state index in [0.717, 1.165) is 30.5 Å². The fraction of sp³-hybridized carbons (Fsp3) is 0.350. The largest absolute Gasteiger partial charge is 0.311 e. The molecule has 0 aliphatic heterocycles. The molecule has 1 unspecified atom stereocenters. The van der Waals surface area contributed by atoms with Crippen molar-refractivity contribution in [2.45, 2.75) is 33.1 Å². The number of aromatic nitrogens is 1. The van der Waals surface area contributed by atoms with Gasteiger partial charge in [-0.15, -0.1) is 0 Å². The third-order valence-electron chi connectivity index (χ3n) is 5.06. The van der Waals surface area contributed by atoms with Crippen LogP contribution in [0, 0.1) is 5.41 Å². The number of anilines is 1. The van der Waals surface area contributed by atoms with E-state index in [9.17, 15) is 9.59 Å². The van der Waals surface area contributed by atoms with Crippen molar-refractivity contribution < 1.29 is 14.8 Å². The van der Waals surface area contributed by atoms with Gasteiger partial charge in [-0.25, -0.2) is 5.48 Å². The summed E-state index contributed by atoms with van der Waals surface area (Å²) in [6, 6.07) is 9.23. The average Bonchev–Trinajstić information content (AvgIpc) is 2.65. The first-order valence-corrected chi connectivity index (χ1v) is 8.66. The molecule has 0 saturated carbocycles. The number of hydrogen-bond donors (Lipinski definition) is 2. The fourth-order valence-corrected chi connectivity index (χ4v) is 3.64. The lowest BCUT2D eigenvalue weighted by Crippen LogP contribution is -2.42. The van der Waals surface area contributed by atoms with Gasteiger partial charge in [-0.05, 0) is 60.1 Å². The molecule has 6 heteroatoms.